The van der Waals surface area contributed by atoms with Crippen molar-refractivity contribution in [3.8, 4) is 0 Å². The van der Waals surface area contributed by atoms with Crippen molar-refractivity contribution in [2.45, 2.75) is 44.6 Å². The number of ether oxygens (including phenoxy) is 1. The number of thiazole rings is 1. The van der Waals surface area contributed by atoms with E-state index in [4.69, 9.17) is 4.74 Å². The average molecular weight is 516 g/mol. The second-order valence-electron chi connectivity index (χ2n) is 8.74. The Morgan fingerprint density at radius 3 is 2.67 bits per heavy atom. The van der Waals surface area contributed by atoms with E-state index in [1.807, 2.05) is 0 Å². The summed E-state index contributed by atoms with van der Waals surface area (Å²) in [6.45, 7) is 6.14. The lowest BCUT2D eigenvalue weighted by Gasteiger charge is -2.20. The molecule has 36 heavy (non-hydrogen) atoms. The summed E-state index contributed by atoms with van der Waals surface area (Å²) in [6, 6.07) is 17.0. The molecule has 0 spiro atoms. The van der Waals surface area contributed by atoms with Gasteiger partial charge in [0.2, 0.25) is 5.52 Å². The normalized spacial score (nSPS) is 18.1. The van der Waals surface area contributed by atoms with Gasteiger partial charge in [0.05, 0.1) is 23.4 Å². The fourth-order valence-corrected chi connectivity index (χ4v) is 7.23. The van der Waals surface area contributed by atoms with Crippen molar-refractivity contribution in [3.05, 3.63) is 93.5 Å². The molecule has 0 amide bonds. The number of hydrogen-bond donors (Lipinski definition) is 0. The van der Waals surface area contributed by atoms with Crippen LogP contribution in [0.1, 0.15) is 38.1 Å². The van der Waals surface area contributed by atoms with Crippen molar-refractivity contribution in [3.63, 3.8) is 0 Å². The SMILES string of the molecule is CCN1C(=CC=C2CCCC(C=Cc3sc4ccccc4[n+]3CC)=C2C(=O)OC)Sc2ccccc21. The van der Waals surface area contributed by atoms with Crippen LogP contribution in [0.25, 0.3) is 16.3 Å². The lowest BCUT2D eigenvalue weighted by molar-refractivity contribution is -0.665. The lowest BCUT2D eigenvalue weighted by Crippen LogP contribution is -2.33. The van der Waals surface area contributed by atoms with Crippen LogP contribution in [-0.2, 0) is 16.1 Å². The topological polar surface area (TPSA) is 33.4 Å². The van der Waals surface area contributed by atoms with Crippen molar-refractivity contribution in [2.24, 2.45) is 0 Å². The maximum absolute atomic E-state index is 13.0. The first-order valence-electron chi connectivity index (χ1n) is 12.5. The van der Waals surface area contributed by atoms with Gasteiger partial charge in [0, 0.05) is 23.6 Å². The van der Waals surface area contributed by atoms with Crippen LogP contribution in [0, 0.1) is 0 Å². The second-order valence-corrected chi connectivity index (χ2v) is 10.9. The summed E-state index contributed by atoms with van der Waals surface area (Å²) in [6.07, 6.45) is 11.3. The molecule has 2 heterocycles. The number of nitrogens with zero attached hydrogens (tertiary/aromatic N) is 2. The van der Waals surface area contributed by atoms with Gasteiger partial charge >= 0.3 is 5.97 Å². The van der Waals surface area contributed by atoms with Crippen molar-refractivity contribution >= 4 is 51.0 Å². The fraction of sp³-hybridized carbons (Fsp3) is 0.267. The quantitative estimate of drug-likeness (QED) is 0.255. The molecule has 0 atom stereocenters. The predicted octanol–water partition coefficient (Wildman–Crippen LogP) is 7.28. The van der Waals surface area contributed by atoms with Crippen LogP contribution in [-0.4, -0.2) is 19.6 Å². The number of carbonyl (C=O) groups excluding carboxylic acids is 1. The molecule has 4 nitrogen and oxygen atoms in total. The first-order chi connectivity index (χ1) is 17.6. The molecule has 184 valence electrons. The number of aryl methyl sites for hydroxylation is 1. The standard InChI is InChI=1S/C30H31N2O2S2/c1-4-31-23-13-6-8-15-25(23)35-27(31)19-17-21-11-10-12-22(29(21)30(33)34-3)18-20-28-32(5-2)24-14-7-9-16-26(24)36-28/h6-9,13-20H,4-5,10-12H2,1-3H3/q+1. The van der Waals surface area contributed by atoms with E-state index in [0.29, 0.717) is 5.57 Å². The molecule has 6 heteroatoms. The number of aromatic nitrogens is 1. The van der Waals surface area contributed by atoms with Crippen molar-refractivity contribution in [1.29, 1.82) is 0 Å². The molecule has 3 aromatic rings. The highest BCUT2D eigenvalue weighted by atomic mass is 32.2. The number of carbonyl (C=O) groups is 1. The molecule has 0 radical (unpaired) electrons. The Hall–Kier alpha value is -3.09. The fourth-order valence-electron chi connectivity index (χ4n) is 4.97. The van der Waals surface area contributed by atoms with Crippen LogP contribution in [0.15, 0.2) is 93.4 Å². The van der Waals surface area contributed by atoms with E-state index in [1.165, 1.54) is 37.9 Å². The van der Waals surface area contributed by atoms with Crippen LogP contribution in [0.2, 0.25) is 0 Å². The van der Waals surface area contributed by atoms with E-state index in [0.717, 1.165) is 43.5 Å². The number of allylic oxidation sites excluding steroid dienone is 4. The molecule has 0 bridgehead atoms. The molecule has 2 aromatic carbocycles. The van der Waals surface area contributed by atoms with Gasteiger partial charge in [-0.2, -0.15) is 4.57 Å². The minimum absolute atomic E-state index is 0.256. The smallest absolute Gasteiger partial charge is 0.338 e. The number of benzene rings is 2. The number of hydrogen-bond acceptors (Lipinski definition) is 5. The molecule has 0 saturated carbocycles. The van der Waals surface area contributed by atoms with Crippen LogP contribution < -0.4 is 9.47 Å². The van der Waals surface area contributed by atoms with Gasteiger partial charge in [-0.3, -0.25) is 0 Å². The Morgan fingerprint density at radius 2 is 1.86 bits per heavy atom. The van der Waals surface area contributed by atoms with E-state index in [2.05, 4.69) is 96.1 Å². The summed E-state index contributed by atoms with van der Waals surface area (Å²) in [5.41, 5.74) is 5.31. The molecular formula is C30H31N2O2S2+. The largest absolute Gasteiger partial charge is 0.465 e. The van der Waals surface area contributed by atoms with E-state index < -0.39 is 0 Å². The number of fused-ring (bicyclic) bond motifs is 2. The lowest BCUT2D eigenvalue weighted by atomic mass is 9.86. The van der Waals surface area contributed by atoms with Crippen LogP contribution >= 0.6 is 23.1 Å². The zero-order chi connectivity index (χ0) is 25.1. The molecule has 1 aliphatic carbocycles. The molecule has 0 N–H and O–H groups in total. The zero-order valence-corrected chi connectivity index (χ0v) is 22.6. The Morgan fingerprint density at radius 1 is 1.06 bits per heavy atom. The maximum atomic E-state index is 13.0. The second kappa shape index (κ2) is 10.9. The van der Waals surface area contributed by atoms with Crippen molar-refractivity contribution in [2.75, 3.05) is 18.6 Å². The monoisotopic (exact) mass is 515 g/mol. The molecule has 0 unspecified atom stereocenters. The van der Waals surface area contributed by atoms with E-state index >= 15 is 0 Å². The Bertz CT molecular complexity index is 1430. The number of rotatable bonds is 6. The Labute approximate surface area is 221 Å². The zero-order valence-electron chi connectivity index (χ0n) is 21.0. The Balaban J connectivity index is 1.51. The average Bonchev–Trinajstić information content (AvgIpc) is 3.47. The van der Waals surface area contributed by atoms with Gasteiger partial charge in [0.1, 0.15) is 11.2 Å². The molecule has 1 aliphatic heterocycles. The summed E-state index contributed by atoms with van der Waals surface area (Å²) in [7, 11) is 1.47. The van der Waals surface area contributed by atoms with E-state index in [9.17, 15) is 4.79 Å². The molecule has 1 aromatic heterocycles. The maximum Gasteiger partial charge on any atom is 0.338 e. The number of para-hydroxylation sites is 2. The molecule has 0 saturated heterocycles. The summed E-state index contributed by atoms with van der Waals surface area (Å²) >= 11 is 3.56. The summed E-state index contributed by atoms with van der Waals surface area (Å²) in [5.74, 6) is -0.256. The van der Waals surface area contributed by atoms with E-state index in [1.54, 1.807) is 23.1 Å². The minimum atomic E-state index is -0.256. The van der Waals surface area contributed by atoms with Crippen LogP contribution in [0.3, 0.4) is 0 Å². The Kier molecular flexibility index (Phi) is 7.44. The summed E-state index contributed by atoms with van der Waals surface area (Å²) < 4.78 is 8.85. The molecule has 0 fully saturated rings. The third-order valence-electron chi connectivity index (χ3n) is 6.68. The molecule has 5 rings (SSSR count). The van der Waals surface area contributed by atoms with Gasteiger partial charge in [-0.15, -0.1) is 0 Å². The minimum Gasteiger partial charge on any atom is -0.465 e. The van der Waals surface area contributed by atoms with Crippen LogP contribution in [0.4, 0.5) is 5.69 Å². The summed E-state index contributed by atoms with van der Waals surface area (Å²) in [5, 5.41) is 2.37. The number of thioether (sulfide) groups is 1. The van der Waals surface area contributed by atoms with Crippen molar-refractivity contribution < 1.29 is 14.1 Å². The highest BCUT2D eigenvalue weighted by Gasteiger charge is 2.25. The number of anilines is 1. The predicted molar refractivity (Wildman–Crippen MR) is 151 cm³/mol. The summed E-state index contributed by atoms with van der Waals surface area (Å²) in [4.78, 5) is 16.6. The van der Waals surface area contributed by atoms with Gasteiger partial charge < -0.3 is 9.64 Å². The van der Waals surface area contributed by atoms with Gasteiger partial charge in [-0.1, -0.05) is 59.5 Å². The number of methoxy groups -OCH3 is 1. The van der Waals surface area contributed by atoms with Crippen molar-refractivity contribution in [1.82, 2.24) is 0 Å². The highest BCUT2D eigenvalue weighted by molar-refractivity contribution is 8.03. The third-order valence-corrected chi connectivity index (χ3v) is 8.95. The first kappa shape index (κ1) is 24.6. The molecule has 2 aliphatic rings. The molecular weight excluding hydrogens is 484 g/mol. The van der Waals surface area contributed by atoms with Gasteiger partial charge in [-0.05, 0) is 68.5 Å². The van der Waals surface area contributed by atoms with Gasteiger partial charge in [-0.25, -0.2) is 4.79 Å². The highest BCUT2D eigenvalue weighted by Crippen LogP contribution is 2.45. The van der Waals surface area contributed by atoms with Gasteiger partial charge in [0.15, 0.2) is 0 Å². The van der Waals surface area contributed by atoms with Crippen LogP contribution in [0.5, 0.6) is 0 Å². The third kappa shape index (κ3) is 4.67. The van der Waals surface area contributed by atoms with Gasteiger partial charge in [0.25, 0.3) is 5.01 Å². The first-order valence-corrected chi connectivity index (χ1v) is 14.1. The number of esters is 1. The van der Waals surface area contributed by atoms with E-state index in [-0.39, 0.29) is 5.97 Å².